The molecule has 15 nitrogen and oxygen atoms in total. The van der Waals surface area contributed by atoms with Gasteiger partial charge in [0.1, 0.15) is 0 Å². The molecular formula is C41H55Cl3N10O5S. The fourth-order valence-electron chi connectivity index (χ4n) is 5.21. The number of nitrogens with zero attached hydrogens (tertiary/aromatic N) is 9. The van der Waals surface area contributed by atoms with E-state index < -0.39 is 20.4 Å². The maximum Gasteiger partial charge on any atom is 0.335 e. The zero-order chi connectivity index (χ0) is 42.3. The average molecular weight is 906 g/mol. The Balaban J connectivity index is -0.000000715. The quantitative estimate of drug-likeness (QED) is 0.0554. The van der Waals surface area contributed by atoms with Gasteiger partial charge in [0.25, 0.3) is 5.24 Å². The number of nitrogens with two attached hydrogens (primary N) is 1. The molecule has 5 rings (SSSR count). The van der Waals surface area contributed by atoms with E-state index in [0.29, 0.717) is 46.6 Å². The van der Waals surface area contributed by atoms with Crippen LogP contribution in [0.1, 0.15) is 124 Å². The molecule has 19 heteroatoms. The Bertz CT molecular complexity index is 1810. The van der Waals surface area contributed by atoms with E-state index in [4.69, 9.17) is 43.2 Å². The second kappa shape index (κ2) is 36.9. The molecule has 0 aliphatic heterocycles. The summed E-state index contributed by atoms with van der Waals surface area (Å²) in [5.74, 6) is -0.321. The predicted octanol–water partition coefficient (Wildman–Crippen LogP) is 15.5. The molecule has 326 valence electrons. The minimum absolute atomic E-state index is 0. The predicted molar refractivity (Wildman–Crippen MR) is 248 cm³/mol. The fraction of sp³-hybridized carbons (Fsp3) is 0.390. The Morgan fingerprint density at radius 3 is 1.40 bits per heavy atom. The lowest BCUT2D eigenvalue weighted by Crippen LogP contribution is -2.19. The number of rotatable bonds is 8. The van der Waals surface area contributed by atoms with E-state index >= 15 is 0 Å². The van der Waals surface area contributed by atoms with Gasteiger partial charge >= 0.3 is 5.97 Å². The minimum atomic E-state index is -1.67. The summed E-state index contributed by atoms with van der Waals surface area (Å²) in [6.45, 7) is 0. The largest absolute Gasteiger partial charge is 0.478 e. The van der Waals surface area contributed by atoms with Crippen molar-refractivity contribution < 1.29 is 23.7 Å². The van der Waals surface area contributed by atoms with Gasteiger partial charge in [-0.15, -0.1) is 0 Å². The number of aromatic carboxylic acids is 1. The van der Waals surface area contributed by atoms with Crippen molar-refractivity contribution in [2.24, 2.45) is 27.0 Å². The Morgan fingerprint density at radius 2 is 1.00 bits per heavy atom. The van der Waals surface area contributed by atoms with Crippen molar-refractivity contribution in [2.45, 2.75) is 99.0 Å². The molecule has 3 N–H and O–H groups in total. The molecule has 3 aromatic rings. The Morgan fingerprint density at radius 1 is 0.633 bits per heavy atom. The molecule has 0 heterocycles. The van der Waals surface area contributed by atoms with Crippen molar-refractivity contribution in [3.05, 3.63) is 145 Å². The van der Waals surface area contributed by atoms with Crippen molar-refractivity contribution in [3.8, 4) is 0 Å². The summed E-state index contributed by atoms with van der Waals surface area (Å²) in [4.78, 5) is 41.1. The molecule has 0 saturated heterocycles. The maximum atomic E-state index is 12.3. The molecule has 0 aromatic heterocycles. The van der Waals surface area contributed by atoms with E-state index in [9.17, 15) is 14.4 Å². The number of Topliss-reactive ketones (excluding diaryl/α,β-unsaturated/α-hetero) is 1. The minimum Gasteiger partial charge on any atom is -0.478 e. The summed E-state index contributed by atoms with van der Waals surface area (Å²) in [6, 6.07) is 19.0. The van der Waals surface area contributed by atoms with E-state index in [1.165, 1.54) is 87.1 Å². The van der Waals surface area contributed by atoms with Crippen LogP contribution < -0.4 is 5.73 Å². The highest BCUT2D eigenvalue weighted by molar-refractivity contribution is 8.26. The van der Waals surface area contributed by atoms with Crippen LogP contribution in [-0.2, 0) is 9.23 Å². The number of carbonyl (C=O) groups is 3. The number of hydrogen-bond acceptors (Lipinski definition) is 8. The van der Waals surface area contributed by atoms with Crippen LogP contribution in [0.3, 0.4) is 0 Å². The van der Waals surface area contributed by atoms with Gasteiger partial charge in [0.15, 0.2) is 5.78 Å². The monoisotopic (exact) mass is 904 g/mol. The Hall–Kier alpha value is -5.14. The zero-order valence-corrected chi connectivity index (χ0v) is 34.0. The summed E-state index contributed by atoms with van der Waals surface area (Å²) in [6.07, 6.45) is 21.3. The number of azide groups is 3. The Kier molecular flexibility index (Phi) is 36.4. The summed E-state index contributed by atoms with van der Waals surface area (Å²) in [5.41, 5.74) is 32.9. The van der Waals surface area contributed by atoms with E-state index in [0.717, 1.165) is 25.7 Å². The van der Waals surface area contributed by atoms with Crippen LogP contribution in [-0.4, -0.2) is 32.4 Å². The molecule has 2 atom stereocenters. The van der Waals surface area contributed by atoms with Crippen LogP contribution in [0.15, 0.2) is 112 Å². The molecule has 60 heavy (non-hydrogen) atoms. The first-order valence-electron chi connectivity index (χ1n) is 17.6. The van der Waals surface area contributed by atoms with Crippen molar-refractivity contribution in [2.75, 3.05) is 0 Å². The lowest BCUT2D eigenvalue weighted by molar-refractivity contribution is 0.0696. The number of carboxylic acids is 1. The van der Waals surface area contributed by atoms with Crippen molar-refractivity contribution in [3.63, 3.8) is 0 Å². The lowest BCUT2D eigenvalue weighted by atomic mass is 9.88. The van der Waals surface area contributed by atoms with Gasteiger partial charge in [0, 0.05) is 76.8 Å². The van der Waals surface area contributed by atoms with Crippen LogP contribution >= 0.6 is 33.0 Å². The third-order valence-corrected chi connectivity index (χ3v) is 8.28. The van der Waals surface area contributed by atoms with Gasteiger partial charge in [-0.1, -0.05) is 110 Å². The first-order valence-corrected chi connectivity index (χ1v) is 20.8. The SMILES string of the molecule is C.C.C.NC1CC/C=C\CCC1.O=S(Cl)Cl.[N-]=[N+]=Nc1ccc(C(=O)CC2CC/C=C\CCC2)cc1.[N-]=[N+]=Nc1ccc(C(=O)Cl)cc1.[N-]=[N+]=Nc1ccc(C(=O)O)cc1. The molecule has 0 radical (unpaired) electrons. The van der Waals surface area contributed by atoms with Crippen molar-refractivity contribution in [1.29, 1.82) is 0 Å². The third-order valence-electron chi connectivity index (χ3n) is 8.06. The summed E-state index contributed by atoms with van der Waals surface area (Å²) in [7, 11) is 7.36. The normalized spacial score (nSPS) is 15.8. The molecule has 2 unspecified atom stereocenters. The molecule has 3 aromatic carbocycles. The van der Waals surface area contributed by atoms with E-state index in [1.807, 2.05) is 0 Å². The second-order valence-electron chi connectivity index (χ2n) is 12.2. The maximum absolute atomic E-state index is 12.3. The summed E-state index contributed by atoms with van der Waals surface area (Å²) >= 11 is 5.19. The van der Waals surface area contributed by atoms with Crippen molar-refractivity contribution in [1.82, 2.24) is 0 Å². The first kappa shape index (κ1) is 59.2. The van der Waals surface area contributed by atoms with E-state index in [1.54, 1.807) is 24.3 Å². The smallest absolute Gasteiger partial charge is 0.335 e. The number of allylic oxidation sites excluding steroid dienone is 4. The van der Waals surface area contributed by atoms with Gasteiger partial charge in [-0.25, -0.2) is 9.00 Å². The number of carboxylic acid groups (broad SMARTS) is 1. The van der Waals surface area contributed by atoms with Crippen LogP contribution in [0.4, 0.5) is 17.1 Å². The lowest BCUT2D eigenvalue weighted by Gasteiger charge is -2.16. The highest BCUT2D eigenvalue weighted by Crippen LogP contribution is 2.24. The molecule has 0 fully saturated rings. The van der Waals surface area contributed by atoms with E-state index in [2.05, 4.69) is 75.7 Å². The van der Waals surface area contributed by atoms with Crippen LogP contribution in [0.25, 0.3) is 31.3 Å². The van der Waals surface area contributed by atoms with Crippen LogP contribution in [0.2, 0.25) is 0 Å². The van der Waals surface area contributed by atoms with Crippen molar-refractivity contribution >= 4 is 76.2 Å². The number of carbonyl (C=O) groups excluding carboxylic acids is 2. The summed E-state index contributed by atoms with van der Waals surface area (Å²) < 4.78 is 9.09. The van der Waals surface area contributed by atoms with Gasteiger partial charge in [-0.05, 0) is 123 Å². The molecule has 0 spiro atoms. The van der Waals surface area contributed by atoms with Gasteiger partial charge in [-0.3, -0.25) is 9.59 Å². The standard InChI is InChI=1S/C16H19N3O.C8H15N.C7H4ClN3O.C7H5N3O2.3CH4.Cl2OS/c17-19-18-15-10-8-14(9-11-15)16(20)12-13-6-4-2-1-3-5-7-13;9-8-6-4-2-1-3-5-7-8;8-7(12)5-1-3-6(4-2-5)10-11-9;8-10-9-6-3-1-5(2-4-6)7(11)12;;;;1-4(2)3/h1-2,8-11,13H,3-7,12H2;1-2,8H,3-7,9H2;1-4H;1-4H,(H,11,12);3*1H4;/b2*2-1-;;;;;;. The molecule has 2 aliphatic rings. The zero-order valence-electron chi connectivity index (χ0n) is 30.9. The van der Waals surface area contributed by atoms with Gasteiger partial charge in [0.05, 0.1) is 5.56 Å². The molecule has 0 saturated carbocycles. The number of ketones is 1. The topological polar surface area (TPSA) is 261 Å². The first-order chi connectivity index (χ1) is 27.4. The molecule has 0 bridgehead atoms. The molecule has 2 aliphatic carbocycles. The third kappa shape index (κ3) is 29.1. The van der Waals surface area contributed by atoms with Crippen LogP contribution in [0.5, 0.6) is 0 Å². The number of hydrogen-bond donors (Lipinski definition) is 2. The highest BCUT2D eigenvalue weighted by Gasteiger charge is 2.15. The Labute approximate surface area is 369 Å². The number of benzene rings is 3. The van der Waals surface area contributed by atoms with E-state index in [-0.39, 0.29) is 33.6 Å². The second-order valence-corrected chi connectivity index (χ2v) is 15.1. The summed E-state index contributed by atoms with van der Waals surface area (Å²) in [5, 5.41) is 18.1. The highest BCUT2D eigenvalue weighted by atomic mass is 36.0. The molecular weight excluding hydrogens is 851 g/mol. The molecule has 0 amide bonds. The van der Waals surface area contributed by atoms with Gasteiger partial charge in [0.2, 0.25) is 9.23 Å². The van der Waals surface area contributed by atoms with Gasteiger partial charge < -0.3 is 10.8 Å². The fourth-order valence-corrected chi connectivity index (χ4v) is 5.33. The average Bonchev–Trinajstić information content (AvgIpc) is 3.16. The number of halogens is 3. The van der Waals surface area contributed by atoms with Crippen LogP contribution in [0, 0.1) is 5.92 Å². The van der Waals surface area contributed by atoms with Gasteiger partial charge in [-0.2, -0.15) is 0 Å².